The Bertz CT molecular complexity index is 398. The summed E-state index contributed by atoms with van der Waals surface area (Å²) >= 11 is 0. The van der Waals surface area contributed by atoms with Crippen molar-refractivity contribution >= 4 is 11.5 Å². The minimum atomic E-state index is 0.0244. The monoisotopic (exact) mass is 232 g/mol. The average Bonchev–Trinajstić information content (AvgIpc) is 2.29. The molecule has 17 heavy (non-hydrogen) atoms. The van der Waals surface area contributed by atoms with Gasteiger partial charge in [-0.2, -0.15) is 0 Å². The number of nitrogens with two attached hydrogens (primary N) is 1. The molecule has 0 bridgehead atoms. The number of amidine groups is 1. The fraction of sp³-hybridized carbons (Fsp3) is 0.538. The molecule has 0 aromatic carbocycles. The molecule has 4 heteroatoms. The normalized spacial score (nSPS) is 19.1. The maximum absolute atomic E-state index is 7.30. The third-order valence-corrected chi connectivity index (χ3v) is 3.51. The van der Waals surface area contributed by atoms with Crippen LogP contribution in [-0.4, -0.2) is 23.9 Å². The Labute approximate surface area is 102 Å². The van der Waals surface area contributed by atoms with E-state index in [1.165, 1.54) is 12.8 Å². The number of piperidine rings is 1. The smallest absolute Gasteiger partial charge is 0.141 e. The SMILES string of the molecule is CC1(C)CCN(c2ccc(C(=N)N)nc2)CC1. The molecule has 0 radical (unpaired) electrons. The van der Waals surface area contributed by atoms with Gasteiger partial charge < -0.3 is 10.6 Å². The first-order valence-electron chi connectivity index (χ1n) is 6.03. The van der Waals surface area contributed by atoms with Gasteiger partial charge in [0.25, 0.3) is 0 Å². The van der Waals surface area contributed by atoms with Gasteiger partial charge in [-0.25, -0.2) is 0 Å². The van der Waals surface area contributed by atoms with Crippen LogP contribution in [0.25, 0.3) is 0 Å². The van der Waals surface area contributed by atoms with Crippen LogP contribution in [0.5, 0.6) is 0 Å². The molecule has 2 rings (SSSR count). The predicted molar refractivity (Wildman–Crippen MR) is 70.5 cm³/mol. The summed E-state index contributed by atoms with van der Waals surface area (Å²) in [5, 5.41) is 7.30. The summed E-state index contributed by atoms with van der Waals surface area (Å²) in [4.78, 5) is 6.55. The topological polar surface area (TPSA) is 66.0 Å². The number of rotatable bonds is 2. The van der Waals surface area contributed by atoms with E-state index in [0.717, 1.165) is 18.8 Å². The Hall–Kier alpha value is -1.58. The summed E-state index contributed by atoms with van der Waals surface area (Å²) in [5.74, 6) is 0.0244. The van der Waals surface area contributed by atoms with E-state index in [-0.39, 0.29) is 5.84 Å². The fourth-order valence-corrected chi connectivity index (χ4v) is 2.10. The summed E-state index contributed by atoms with van der Waals surface area (Å²) in [7, 11) is 0. The van der Waals surface area contributed by atoms with Crippen molar-refractivity contribution in [2.75, 3.05) is 18.0 Å². The number of nitrogens with zero attached hydrogens (tertiary/aromatic N) is 2. The number of nitrogens with one attached hydrogen (secondary N) is 1. The van der Waals surface area contributed by atoms with E-state index >= 15 is 0 Å². The molecule has 4 nitrogen and oxygen atoms in total. The van der Waals surface area contributed by atoms with Crippen molar-refractivity contribution in [1.82, 2.24) is 4.98 Å². The summed E-state index contributed by atoms with van der Waals surface area (Å²) in [6, 6.07) is 3.82. The van der Waals surface area contributed by atoms with Gasteiger partial charge in [-0.15, -0.1) is 0 Å². The molecule has 1 fully saturated rings. The number of hydrogen-bond donors (Lipinski definition) is 2. The Morgan fingerprint density at radius 3 is 2.47 bits per heavy atom. The summed E-state index contributed by atoms with van der Waals surface area (Å²) in [6.07, 6.45) is 4.23. The van der Waals surface area contributed by atoms with E-state index < -0.39 is 0 Å². The molecule has 3 N–H and O–H groups in total. The van der Waals surface area contributed by atoms with Crippen molar-refractivity contribution in [1.29, 1.82) is 5.41 Å². The molecule has 0 aliphatic carbocycles. The average molecular weight is 232 g/mol. The van der Waals surface area contributed by atoms with Crippen molar-refractivity contribution in [3.63, 3.8) is 0 Å². The molecule has 1 aromatic heterocycles. The van der Waals surface area contributed by atoms with Gasteiger partial charge in [0.2, 0.25) is 0 Å². The molecule has 0 atom stereocenters. The Morgan fingerprint density at radius 1 is 1.35 bits per heavy atom. The van der Waals surface area contributed by atoms with Crippen LogP contribution < -0.4 is 10.6 Å². The van der Waals surface area contributed by atoms with Crippen molar-refractivity contribution in [3.05, 3.63) is 24.0 Å². The number of aromatic nitrogens is 1. The molecule has 0 amide bonds. The first-order chi connectivity index (χ1) is 7.98. The number of hydrogen-bond acceptors (Lipinski definition) is 3. The van der Waals surface area contributed by atoms with Crippen LogP contribution in [-0.2, 0) is 0 Å². The largest absolute Gasteiger partial charge is 0.382 e. The van der Waals surface area contributed by atoms with Crippen LogP contribution in [0.2, 0.25) is 0 Å². The maximum Gasteiger partial charge on any atom is 0.141 e. The van der Waals surface area contributed by atoms with E-state index in [2.05, 4.69) is 23.7 Å². The molecule has 1 saturated heterocycles. The molecular formula is C13H20N4. The molecule has 0 unspecified atom stereocenters. The van der Waals surface area contributed by atoms with Crippen LogP contribution in [0.15, 0.2) is 18.3 Å². The highest BCUT2D eigenvalue weighted by Crippen LogP contribution is 2.31. The lowest BCUT2D eigenvalue weighted by atomic mass is 9.82. The van der Waals surface area contributed by atoms with E-state index in [4.69, 9.17) is 11.1 Å². The Balaban J connectivity index is 2.06. The zero-order chi connectivity index (χ0) is 12.5. The summed E-state index contributed by atoms with van der Waals surface area (Å²) in [5.41, 5.74) is 7.52. The molecule has 92 valence electrons. The first kappa shape index (κ1) is 11.9. The third-order valence-electron chi connectivity index (χ3n) is 3.51. The van der Waals surface area contributed by atoms with Gasteiger partial charge in [-0.3, -0.25) is 10.4 Å². The second-order valence-corrected chi connectivity index (χ2v) is 5.47. The van der Waals surface area contributed by atoms with E-state index in [9.17, 15) is 0 Å². The lowest BCUT2D eigenvalue weighted by Gasteiger charge is -2.38. The Kier molecular flexibility index (Phi) is 3.05. The maximum atomic E-state index is 7.30. The lowest BCUT2D eigenvalue weighted by Crippen LogP contribution is -2.37. The highest BCUT2D eigenvalue weighted by molar-refractivity contribution is 5.93. The van der Waals surface area contributed by atoms with Gasteiger partial charge in [0.1, 0.15) is 11.5 Å². The van der Waals surface area contributed by atoms with Crippen LogP contribution in [0.1, 0.15) is 32.4 Å². The molecule has 0 spiro atoms. The van der Waals surface area contributed by atoms with Gasteiger partial charge in [-0.05, 0) is 30.4 Å². The van der Waals surface area contributed by atoms with E-state index in [1.54, 1.807) is 0 Å². The molecule has 2 heterocycles. The molecular weight excluding hydrogens is 212 g/mol. The van der Waals surface area contributed by atoms with Gasteiger partial charge >= 0.3 is 0 Å². The fourth-order valence-electron chi connectivity index (χ4n) is 2.10. The number of nitrogen functional groups attached to an aromatic ring is 1. The number of pyridine rings is 1. The zero-order valence-corrected chi connectivity index (χ0v) is 10.5. The number of anilines is 1. The minimum absolute atomic E-state index is 0.0244. The van der Waals surface area contributed by atoms with Crippen LogP contribution in [0.3, 0.4) is 0 Å². The van der Waals surface area contributed by atoms with Gasteiger partial charge in [0.05, 0.1) is 11.9 Å². The van der Waals surface area contributed by atoms with Gasteiger partial charge in [0.15, 0.2) is 0 Å². The first-order valence-corrected chi connectivity index (χ1v) is 6.03. The van der Waals surface area contributed by atoms with Crippen molar-refractivity contribution < 1.29 is 0 Å². The summed E-state index contributed by atoms with van der Waals surface area (Å²) in [6.45, 7) is 6.80. The van der Waals surface area contributed by atoms with E-state index in [0.29, 0.717) is 11.1 Å². The standard InChI is InChI=1S/C13H20N4/c1-13(2)5-7-17(8-6-13)10-3-4-11(12(14)15)16-9-10/h3-4,9H,5-8H2,1-2H3,(H3,14,15). The van der Waals surface area contributed by atoms with Crippen molar-refractivity contribution in [3.8, 4) is 0 Å². The zero-order valence-electron chi connectivity index (χ0n) is 10.5. The minimum Gasteiger partial charge on any atom is -0.382 e. The third kappa shape index (κ3) is 2.75. The van der Waals surface area contributed by atoms with E-state index in [1.807, 2.05) is 18.3 Å². The second kappa shape index (κ2) is 4.35. The van der Waals surface area contributed by atoms with Crippen molar-refractivity contribution in [2.24, 2.45) is 11.1 Å². The van der Waals surface area contributed by atoms with Crippen LogP contribution in [0, 0.1) is 10.8 Å². The predicted octanol–water partition coefficient (Wildman–Crippen LogP) is 1.99. The lowest BCUT2D eigenvalue weighted by molar-refractivity contribution is 0.280. The highest BCUT2D eigenvalue weighted by Gasteiger charge is 2.25. The quantitative estimate of drug-likeness (QED) is 0.605. The molecule has 1 aromatic rings. The second-order valence-electron chi connectivity index (χ2n) is 5.47. The molecule has 1 aliphatic rings. The molecule has 1 aliphatic heterocycles. The molecule has 0 saturated carbocycles. The van der Waals surface area contributed by atoms with Gasteiger partial charge in [0, 0.05) is 13.1 Å². The van der Waals surface area contributed by atoms with Crippen LogP contribution in [0.4, 0.5) is 5.69 Å². The van der Waals surface area contributed by atoms with Crippen LogP contribution >= 0.6 is 0 Å². The van der Waals surface area contributed by atoms with Crippen molar-refractivity contribution in [2.45, 2.75) is 26.7 Å². The Morgan fingerprint density at radius 2 is 2.00 bits per heavy atom. The van der Waals surface area contributed by atoms with Gasteiger partial charge in [-0.1, -0.05) is 13.8 Å². The summed E-state index contributed by atoms with van der Waals surface area (Å²) < 4.78 is 0. The highest BCUT2D eigenvalue weighted by atomic mass is 15.1.